The van der Waals surface area contributed by atoms with Crippen LogP contribution in [0.2, 0.25) is 10.0 Å². The van der Waals surface area contributed by atoms with E-state index in [9.17, 15) is 5.21 Å². The van der Waals surface area contributed by atoms with Crippen LogP contribution in [0.5, 0.6) is 5.75 Å². The summed E-state index contributed by atoms with van der Waals surface area (Å²) in [6.07, 6.45) is 0. The lowest BCUT2D eigenvalue weighted by Crippen LogP contribution is -2.02. The molecule has 0 unspecified atom stereocenters. The van der Waals surface area contributed by atoms with Gasteiger partial charge in [-0.05, 0) is 30.3 Å². The van der Waals surface area contributed by atoms with Gasteiger partial charge >= 0.3 is 0 Å². The molecule has 1 N–H and O–H groups in total. The Morgan fingerprint density at radius 3 is 2.68 bits per heavy atom. The highest BCUT2D eigenvalue weighted by Crippen LogP contribution is 2.31. The van der Waals surface area contributed by atoms with E-state index in [0.29, 0.717) is 32.7 Å². The quantitative estimate of drug-likeness (QED) is 0.417. The Kier molecular flexibility index (Phi) is 3.96. The minimum atomic E-state index is 0.222. The monoisotopic (exact) mass is 335 g/mol. The molecule has 2 aromatic carbocycles. The van der Waals surface area contributed by atoms with Gasteiger partial charge in [-0.25, -0.2) is 0 Å². The predicted octanol–water partition coefficient (Wildman–Crippen LogP) is 4.97. The van der Waals surface area contributed by atoms with Gasteiger partial charge < -0.3 is 14.4 Å². The number of benzene rings is 2. The molecule has 4 nitrogen and oxygen atoms in total. The van der Waals surface area contributed by atoms with E-state index < -0.39 is 0 Å². The standard InChI is InChI=1S/C16H11Cl2NO3/c1-21-13-4-2-3-9-7-14(22-16(9)13)15(19-20)11-6-5-10(17)8-12(11)18/h2-8,20H,1H3. The van der Waals surface area contributed by atoms with Crippen LogP contribution in [0, 0.1) is 0 Å². The van der Waals surface area contributed by atoms with Gasteiger partial charge in [-0.15, -0.1) is 0 Å². The van der Waals surface area contributed by atoms with Gasteiger partial charge in [0.25, 0.3) is 0 Å². The highest BCUT2D eigenvalue weighted by atomic mass is 35.5. The van der Waals surface area contributed by atoms with Gasteiger partial charge in [-0.1, -0.05) is 40.5 Å². The Hall–Kier alpha value is -2.17. The van der Waals surface area contributed by atoms with Crippen molar-refractivity contribution in [2.24, 2.45) is 5.16 Å². The van der Waals surface area contributed by atoms with Gasteiger partial charge in [-0.3, -0.25) is 0 Å². The number of hydrogen-bond acceptors (Lipinski definition) is 4. The molecule has 22 heavy (non-hydrogen) atoms. The Morgan fingerprint density at radius 2 is 2.00 bits per heavy atom. The summed E-state index contributed by atoms with van der Waals surface area (Å²) in [6, 6.07) is 12.2. The van der Waals surface area contributed by atoms with E-state index in [1.54, 1.807) is 37.4 Å². The fourth-order valence-corrected chi connectivity index (χ4v) is 2.73. The van der Waals surface area contributed by atoms with Gasteiger partial charge in [0.15, 0.2) is 22.8 Å². The van der Waals surface area contributed by atoms with Crippen molar-refractivity contribution in [2.45, 2.75) is 0 Å². The molecule has 0 aliphatic rings. The predicted molar refractivity (Wildman–Crippen MR) is 86.7 cm³/mol. The summed E-state index contributed by atoms with van der Waals surface area (Å²) in [7, 11) is 1.56. The van der Waals surface area contributed by atoms with Crippen molar-refractivity contribution in [3.8, 4) is 5.75 Å². The largest absolute Gasteiger partial charge is 0.493 e. The second-order valence-corrected chi connectivity index (χ2v) is 5.41. The van der Waals surface area contributed by atoms with Gasteiger partial charge in [0, 0.05) is 16.0 Å². The average Bonchev–Trinajstić information content (AvgIpc) is 2.93. The lowest BCUT2D eigenvalue weighted by Gasteiger charge is -2.04. The summed E-state index contributed by atoms with van der Waals surface area (Å²) in [5.74, 6) is 0.981. The Morgan fingerprint density at radius 1 is 1.18 bits per heavy atom. The second-order valence-electron chi connectivity index (χ2n) is 4.56. The number of oxime groups is 1. The molecule has 0 atom stereocenters. The molecule has 0 aliphatic heterocycles. The van der Waals surface area contributed by atoms with E-state index in [1.807, 2.05) is 12.1 Å². The summed E-state index contributed by atoms with van der Waals surface area (Å²) in [4.78, 5) is 0. The minimum absolute atomic E-state index is 0.222. The molecule has 112 valence electrons. The van der Waals surface area contributed by atoms with Gasteiger partial charge in [-0.2, -0.15) is 0 Å². The molecule has 0 radical (unpaired) electrons. The Labute approximate surface area is 136 Å². The first-order chi connectivity index (χ1) is 10.6. The van der Waals surface area contributed by atoms with E-state index in [4.69, 9.17) is 32.4 Å². The fourth-order valence-electron chi connectivity index (χ4n) is 2.23. The molecule has 3 aromatic rings. The van der Waals surface area contributed by atoms with Gasteiger partial charge in [0.1, 0.15) is 0 Å². The number of hydrogen-bond donors (Lipinski definition) is 1. The zero-order chi connectivity index (χ0) is 15.7. The van der Waals surface area contributed by atoms with E-state index in [2.05, 4.69) is 5.16 Å². The fraction of sp³-hybridized carbons (Fsp3) is 0.0625. The van der Waals surface area contributed by atoms with Crippen LogP contribution in [-0.4, -0.2) is 18.0 Å². The maximum Gasteiger partial charge on any atom is 0.176 e. The lowest BCUT2D eigenvalue weighted by atomic mass is 10.1. The molecule has 0 bridgehead atoms. The van der Waals surface area contributed by atoms with Crippen LogP contribution in [-0.2, 0) is 0 Å². The molecule has 0 fully saturated rings. The summed E-state index contributed by atoms with van der Waals surface area (Å²) in [5.41, 5.74) is 1.32. The number of ether oxygens (including phenoxy) is 1. The summed E-state index contributed by atoms with van der Waals surface area (Å²) in [5, 5.41) is 14.4. The van der Waals surface area contributed by atoms with Crippen LogP contribution in [0.4, 0.5) is 0 Å². The highest BCUT2D eigenvalue weighted by molar-refractivity contribution is 6.37. The molecule has 1 heterocycles. The number of rotatable bonds is 3. The third-order valence-electron chi connectivity index (χ3n) is 3.25. The van der Waals surface area contributed by atoms with E-state index in [0.717, 1.165) is 5.39 Å². The van der Waals surface area contributed by atoms with Crippen molar-refractivity contribution in [1.29, 1.82) is 0 Å². The number of fused-ring (bicyclic) bond motifs is 1. The normalized spacial score (nSPS) is 11.9. The highest BCUT2D eigenvalue weighted by Gasteiger charge is 2.18. The second kappa shape index (κ2) is 5.91. The maximum absolute atomic E-state index is 9.38. The smallest absolute Gasteiger partial charge is 0.176 e. The van der Waals surface area contributed by atoms with E-state index >= 15 is 0 Å². The summed E-state index contributed by atoms with van der Waals surface area (Å²) in [6.45, 7) is 0. The average molecular weight is 336 g/mol. The first-order valence-electron chi connectivity index (χ1n) is 6.38. The number of nitrogens with zero attached hydrogens (tertiary/aromatic N) is 1. The molecule has 0 amide bonds. The molecule has 0 spiro atoms. The molecular formula is C16H11Cl2NO3. The zero-order valence-electron chi connectivity index (χ0n) is 11.5. The van der Waals surface area contributed by atoms with Crippen LogP contribution in [0.25, 0.3) is 11.0 Å². The van der Waals surface area contributed by atoms with E-state index in [1.165, 1.54) is 0 Å². The third-order valence-corrected chi connectivity index (χ3v) is 3.80. The first-order valence-corrected chi connectivity index (χ1v) is 7.14. The lowest BCUT2D eigenvalue weighted by molar-refractivity contribution is 0.318. The molecule has 3 rings (SSSR count). The van der Waals surface area contributed by atoms with Crippen molar-refractivity contribution >= 4 is 39.9 Å². The number of para-hydroxylation sites is 1. The minimum Gasteiger partial charge on any atom is -0.493 e. The third kappa shape index (κ3) is 2.51. The Balaban J connectivity index is 2.16. The van der Waals surface area contributed by atoms with Gasteiger partial charge in [0.05, 0.1) is 12.1 Å². The molecular weight excluding hydrogens is 325 g/mol. The number of furan rings is 1. The Bertz CT molecular complexity index is 871. The summed E-state index contributed by atoms with van der Waals surface area (Å²) < 4.78 is 11.0. The molecule has 0 saturated carbocycles. The molecule has 0 saturated heterocycles. The summed E-state index contributed by atoms with van der Waals surface area (Å²) >= 11 is 12.1. The molecule has 1 aromatic heterocycles. The van der Waals surface area contributed by atoms with E-state index in [-0.39, 0.29) is 5.71 Å². The van der Waals surface area contributed by atoms with Crippen molar-refractivity contribution in [3.05, 3.63) is 63.8 Å². The maximum atomic E-state index is 9.38. The van der Waals surface area contributed by atoms with Crippen molar-refractivity contribution in [1.82, 2.24) is 0 Å². The van der Waals surface area contributed by atoms with Crippen molar-refractivity contribution < 1.29 is 14.4 Å². The van der Waals surface area contributed by atoms with Crippen LogP contribution >= 0.6 is 23.2 Å². The molecule has 6 heteroatoms. The van der Waals surface area contributed by atoms with Crippen molar-refractivity contribution in [2.75, 3.05) is 7.11 Å². The zero-order valence-corrected chi connectivity index (χ0v) is 13.0. The number of halogens is 2. The number of methoxy groups -OCH3 is 1. The first kappa shape index (κ1) is 14.8. The van der Waals surface area contributed by atoms with Crippen molar-refractivity contribution in [3.63, 3.8) is 0 Å². The van der Waals surface area contributed by atoms with Gasteiger partial charge in [0.2, 0.25) is 0 Å². The topological polar surface area (TPSA) is 55.0 Å². The van der Waals surface area contributed by atoms with Crippen LogP contribution in [0.1, 0.15) is 11.3 Å². The van der Waals surface area contributed by atoms with Crippen LogP contribution < -0.4 is 4.74 Å². The van der Waals surface area contributed by atoms with Crippen LogP contribution in [0.3, 0.4) is 0 Å². The van der Waals surface area contributed by atoms with Crippen LogP contribution in [0.15, 0.2) is 52.0 Å². The molecule has 0 aliphatic carbocycles. The SMILES string of the molecule is COc1cccc2cc(C(=NO)c3ccc(Cl)cc3Cl)oc12.